The first-order valence-corrected chi connectivity index (χ1v) is 6.57. The molecule has 0 bridgehead atoms. The molecule has 2 atom stereocenters. The topological polar surface area (TPSA) is 49.3 Å². The van der Waals surface area contributed by atoms with Crippen molar-refractivity contribution < 1.29 is 4.79 Å². The predicted molar refractivity (Wildman–Crippen MR) is 68.1 cm³/mol. The van der Waals surface area contributed by atoms with Crippen LogP contribution in [0.5, 0.6) is 0 Å². The lowest BCUT2D eigenvalue weighted by atomic mass is 10.2. The molecule has 0 N–H and O–H groups in total. The van der Waals surface area contributed by atoms with Gasteiger partial charge in [-0.3, -0.25) is 4.79 Å². The van der Waals surface area contributed by atoms with Crippen LogP contribution in [0.1, 0.15) is 13.3 Å². The van der Waals surface area contributed by atoms with Crippen LogP contribution < -0.4 is 4.90 Å². The molecule has 2 heterocycles. The van der Waals surface area contributed by atoms with E-state index in [1.54, 1.807) is 6.20 Å². The van der Waals surface area contributed by atoms with E-state index < -0.39 is 0 Å². The van der Waals surface area contributed by atoms with E-state index in [-0.39, 0.29) is 0 Å². The van der Waals surface area contributed by atoms with Gasteiger partial charge < -0.3 is 9.80 Å². The summed E-state index contributed by atoms with van der Waals surface area (Å²) in [4.78, 5) is 16.3. The Morgan fingerprint density at radius 2 is 2.06 bits per heavy atom. The number of aromatic nitrogens is 2. The third-order valence-electron chi connectivity index (χ3n) is 3.90. The van der Waals surface area contributed by atoms with Crippen LogP contribution in [0.2, 0.25) is 0 Å². The van der Waals surface area contributed by atoms with E-state index in [9.17, 15) is 4.79 Å². The highest BCUT2D eigenvalue weighted by molar-refractivity contribution is 5.81. The van der Waals surface area contributed by atoms with Crippen molar-refractivity contribution in [2.75, 3.05) is 31.1 Å². The number of piperazine rings is 1. The lowest BCUT2D eigenvalue weighted by Crippen LogP contribution is -2.49. The van der Waals surface area contributed by atoms with E-state index in [0.29, 0.717) is 17.7 Å². The molecule has 0 aromatic carbocycles. The van der Waals surface area contributed by atoms with Crippen LogP contribution in [0.25, 0.3) is 0 Å². The van der Waals surface area contributed by atoms with E-state index in [4.69, 9.17) is 0 Å². The minimum atomic E-state index is 0.299. The lowest BCUT2D eigenvalue weighted by Gasteiger charge is -2.35. The molecule has 1 amide bonds. The van der Waals surface area contributed by atoms with E-state index in [1.165, 1.54) is 0 Å². The Morgan fingerprint density at radius 1 is 1.33 bits per heavy atom. The number of anilines is 1. The fourth-order valence-electron chi connectivity index (χ4n) is 2.52. The molecule has 2 unspecified atom stereocenters. The van der Waals surface area contributed by atoms with Crippen LogP contribution in [0, 0.1) is 11.8 Å². The first-order valence-electron chi connectivity index (χ1n) is 6.57. The average Bonchev–Trinajstić information content (AvgIpc) is 3.16. The van der Waals surface area contributed by atoms with Crippen LogP contribution in [-0.2, 0) is 4.79 Å². The fraction of sp³-hybridized carbons (Fsp3) is 0.615. The smallest absolute Gasteiger partial charge is 0.226 e. The van der Waals surface area contributed by atoms with Gasteiger partial charge in [-0.25, -0.2) is 0 Å². The SMILES string of the molecule is CC1CC1C(=O)N1CCN(c2cccnn2)CC1. The molecule has 96 valence electrons. The summed E-state index contributed by atoms with van der Waals surface area (Å²) in [6, 6.07) is 3.86. The largest absolute Gasteiger partial charge is 0.352 e. The minimum Gasteiger partial charge on any atom is -0.352 e. The van der Waals surface area contributed by atoms with Crippen molar-refractivity contribution >= 4 is 11.7 Å². The molecule has 1 aliphatic heterocycles. The third kappa shape index (κ3) is 2.17. The lowest BCUT2D eigenvalue weighted by molar-refractivity contribution is -0.133. The molecule has 1 saturated carbocycles. The van der Waals surface area contributed by atoms with Crippen LogP contribution >= 0.6 is 0 Å². The van der Waals surface area contributed by atoms with Gasteiger partial charge in [0.05, 0.1) is 0 Å². The molecule has 3 rings (SSSR count). The second kappa shape index (κ2) is 4.55. The maximum Gasteiger partial charge on any atom is 0.226 e. The van der Waals surface area contributed by atoms with Crippen molar-refractivity contribution in [2.45, 2.75) is 13.3 Å². The summed E-state index contributed by atoms with van der Waals surface area (Å²) in [6.07, 6.45) is 2.75. The summed E-state index contributed by atoms with van der Waals surface area (Å²) >= 11 is 0. The maximum atomic E-state index is 12.1. The van der Waals surface area contributed by atoms with Gasteiger partial charge in [-0.1, -0.05) is 6.92 Å². The van der Waals surface area contributed by atoms with Gasteiger partial charge in [0.25, 0.3) is 0 Å². The first kappa shape index (κ1) is 11.4. The molecule has 1 aliphatic carbocycles. The van der Waals surface area contributed by atoms with Crippen LogP contribution in [0.3, 0.4) is 0 Å². The number of carbonyl (C=O) groups is 1. The van der Waals surface area contributed by atoms with Crippen LogP contribution in [0.4, 0.5) is 5.82 Å². The molecule has 18 heavy (non-hydrogen) atoms. The van der Waals surface area contributed by atoms with E-state index >= 15 is 0 Å². The Bertz CT molecular complexity index is 428. The zero-order valence-corrected chi connectivity index (χ0v) is 10.6. The zero-order valence-electron chi connectivity index (χ0n) is 10.6. The fourth-order valence-corrected chi connectivity index (χ4v) is 2.52. The summed E-state index contributed by atoms with van der Waals surface area (Å²) in [7, 11) is 0. The zero-order chi connectivity index (χ0) is 12.5. The van der Waals surface area contributed by atoms with E-state index in [0.717, 1.165) is 38.4 Å². The van der Waals surface area contributed by atoms with E-state index in [1.807, 2.05) is 17.0 Å². The maximum absolute atomic E-state index is 12.1. The first-order chi connectivity index (χ1) is 8.75. The highest BCUT2D eigenvalue weighted by Gasteiger charge is 2.41. The van der Waals surface area contributed by atoms with Crippen molar-refractivity contribution in [1.29, 1.82) is 0 Å². The average molecular weight is 246 g/mol. The Kier molecular flexibility index (Phi) is 2.89. The number of nitrogens with zero attached hydrogens (tertiary/aromatic N) is 4. The molecule has 0 radical (unpaired) electrons. The van der Waals surface area contributed by atoms with Crippen molar-refractivity contribution in [3.05, 3.63) is 18.3 Å². The van der Waals surface area contributed by atoms with E-state index in [2.05, 4.69) is 22.0 Å². The third-order valence-corrected chi connectivity index (χ3v) is 3.90. The second-order valence-corrected chi connectivity index (χ2v) is 5.21. The number of hydrogen-bond donors (Lipinski definition) is 0. The number of rotatable bonds is 2. The molecule has 2 aliphatic rings. The molecular weight excluding hydrogens is 228 g/mol. The number of hydrogen-bond acceptors (Lipinski definition) is 4. The number of amides is 1. The van der Waals surface area contributed by atoms with Gasteiger partial charge in [0.15, 0.2) is 5.82 Å². The molecule has 5 heteroatoms. The van der Waals surface area contributed by atoms with Crippen LogP contribution in [-0.4, -0.2) is 47.2 Å². The highest BCUT2D eigenvalue weighted by atomic mass is 16.2. The van der Waals surface area contributed by atoms with Crippen LogP contribution in [0.15, 0.2) is 18.3 Å². The molecule has 1 aromatic heterocycles. The van der Waals surface area contributed by atoms with Gasteiger partial charge in [-0.2, -0.15) is 5.10 Å². The summed E-state index contributed by atoms with van der Waals surface area (Å²) in [5.74, 6) is 2.15. The molecule has 1 aromatic rings. The molecular formula is C13H18N4O. The Morgan fingerprint density at radius 3 is 2.61 bits per heavy atom. The molecule has 0 spiro atoms. The van der Waals surface area contributed by atoms with Crippen molar-refractivity contribution in [3.8, 4) is 0 Å². The standard InChI is InChI=1S/C13H18N4O/c1-10-9-11(10)13(18)17-7-5-16(6-8-17)12-3-2-4-14-15-12/h2-4,10-11H,5-9H2,1H3. The minimum absolute atomic E-state index is 0.299. The number of carbonyl (C=O) groups excluding carboxylic acids is 1. The Labute approximate surface area is 107 Å². The molecule has 1 saturated heterocycles. The quantitative estimate of drug-likeness (QED) is 0.774. The Balaban J connectivity index is 1.57. The van der Waals surface area contributed by atoms with Crippen molar-refractivity contribution in [1.82, 2.24) is 15.1 Å². The molecule has 2 fully saturated rings. The second-order valence-electron chi connectivity index (χ2n) is 5.21. The predicted octanol–water partition coefficient (Wildman–Crippen LogP) is 0.781. The Hall–Kier alpha value is -1.65. The summed E-state index contributed by atoms with van der Waals surface area (Å²) in [5.41, 5.74) is 0. The van der Waals surface area contributed by atoms with Gasteiger partial charge in [0.1, 0.15) is 0 Å². The summed E-state index contributed by atoms with van der Waals surface area (Å²) < 4.78 is 0. The monoisotopic (exact) mass is 246 g/mol. The van der Waals surface area contributed by atoms with Gasteiger partial charge in [-0.15, -0.1) is 5.10 Å². The van der Waals surface area contributed by atoms with Gasteiger partial charge in [-0.05, 0) is 24.5 Å². The normalized spacial score (nSPS) is 27.2. The van der Waals surface area contributed by atoms with Gasteiger partial charge >= 0.3 is 0 Å². The van der Waals surface area contributed by atoms with Crippen molar-refractivity contribution in [2.24, 2.45) is 11.8 Å². The summed E-state index contributed by atoms with van der Waals surface area (Å²) in [6.45, 7) is 5.46. The van der Waals surface area contributed by atoms with Crippen molar-refractivity contribution in [3.63, 3.8) is 0 Å². The highest BCUT2D eigenvalue weighted by Crippen LogP contribution is 2.39. The summed E-state index contributed by atoms with van der Waals surface area (Å²) in [5, 5.41) is 7.99. The van der Waals surface area contributed by atoms with Gasteiger partial charge in [0, 0.05) is 38.3 Å². The molecule has 5 nitrogen and oxygen atoms in total. The van der Waals surface area contributed by atoms with Gasteiger partial charge in [0.2, 0.25) is 5.91 Å².